The normalized spacial score (nSPS) is 21.0. The number of rotatable bonds is 1. The molecule has 68 valence electrons. The summed E-state index contributed by atoms with van der Waals surface area (Å²) in [6.07, 6.45) is 6.82. The van der Waals surface area contributed by atoms with Crippen molar-refractivity contribution < 1.29 is 17.0 Å². The number of nitrogens with zero attached hydrogens (tertiary/aromatic N) is 1. The van der Waals surface area contributed by atoms with Crippen molar-refractivity contribution in [3.8, 4) is 0 Å². The van der Waals surface area contributed by atoms with Crippen LogP contribution in [0.3, 0.4) is 0 Å². The number of halogens is 1. The zero-order chi connectivity index (χ0) is 7.61. The van der Waals surface area contributed by atoms with Crippen LogP contribution in [-0.2, 0) is 0 Å². The molecule has 1 fully saturated rings. The van der Waals surface area contributed by atoms with E-state index in [1.165, 1.54) is 32.1 Å². The van der Waals surface area contributed by atoms with Gasteiger partial charge in [-0.15, -0.1) is 0 Å². The lowest BCUT2D eigenvalue weighted by Crippen LogP contribution is -3.00. The molecule has 2 N–H and O–H groups in total. The maximum absolute atomic E-state index is 5.95. The van der Waals surface area contributed by atoms with Gasteiger partial charge >= 0.3 is 0 Å². The molecule has 2 nitrogen and oxygen atoms in total. The molecule has 0 aromatic carbocycles. The summed E-state index contributed by atoms with van der Waals surface area (Å²) in [6, 6.07) is 0.716. The van der Waals surface area contributed by atoms with E-state index in [4.69, 9.17) is 5.84 Å². The fraction of sp³-hybridized carbons (Fsp3) is 1.00. The standard InChI is InChI=1S/C8H19N2.ClH/c1-10(2,9)8-6-4-3-5-7-8;/h8H,3-7,9H2,1-2H3;1H/q+1;/p-1. The highest BCUT2D eigenvalue weighted by molar-refractivity contribution is 4.64. The zero-order valence-corrected chi connectivity index (χ0v) is 8.27. The molecular formula is C8H19ClN2. The monoisotopic (exact) mass is 178 g/mol. The van der Waals surface area contributed by atoms with Crippen molar-refractivity contribution in [1.82, 2.24) is 0 Å². The van der Waals surface area contributed by atoms with Gasteiger partial charge in [-0.25, -0.2) is 0 Å². The van der Waals surface area contributed by atoms with E-state index in [1.807, 2.05) is 0 Å². The fourth-order valence-corrected chi connectivity index (χ4v) is 1.75. The first kappa shape index (κ1) is 11.2. The van der Waals surface area contributed by atoms with Crippen LogP contribution in [0.25, 0.3) is 0 Å². The molecule has 0 unspecified atom stereocenters. The first-order chi connectivity index (χ1) is 4.61. The lowest BCUT2D eigenvalue weighted by molar-refractivity contribution is -0.928. The summed E-state index contributed by atoms with van der Waals surface area (Å²) < 4.78 is 0.667. The Labute approximate surface area is 75.7 Å². The van der Waals surface area contributed by atoms with Gasteiger partial charge in [0.25, 0.3) is 0 Å². The first-order valence-corrected chi connectivity index (χ1v) is 4.23. The van der Waals surface area contributed by atoms with E-state index in [2.05, 4.69) is 14.1 Å². The van der Waals surface area contributed by atoms with Gasteiger partial charge in [0.15, 0.2) is 0 Å². The Morgan fingerprint density at radius 1 is 1.09 bits per heavy atom. The topological polar surface area (TPSA) is 26.0 Å². The van der Waals surface area contributed by atoms with Crippen LogP contribution in [0.1, 0.15) is 32.1 Å². The Balaban J connectivity index is 0.000001000. The van der Waals surface area contributed by atoms with Gasteiger partial charge in [-0.2, -0.15) is 5.84 Å². The molecule has 3 heteroatoms. The van der Waals surface area contributed by atoms with Gasteiger partial charge < -0.3 is 12.4 Å². The number of hydrogen-bond donors (Lipinski definition) is 1. The van der Waals surface area contributed by atoms with Crippen molar-refractivity contribution in [2.75, 3.05) is 14.1 Å². The van der Waals surface area contributed by atoms with E-state index in [9.17, 15) is 0 Å². The van der Waals surface area contributed by atoms with Gasteiger partial charge in [-0.05, 0) is 12.8 Å². The lowest BCUT2D eigenvalue weighted by Gasteiger charge is -2.34. The fourth-order valence-electron chi connectivity index (χ4n) is 1.75. The third kappa shape index (κ3) is 3.41. The van der Waals surface area contributed by atoms with Gasteiger partial charge in [-0.1, -0.05) is 6.42 Å². The Bertz CT molecular complexity index is 103. The Hall–Kier alpha value is 0.210. The molecule has 1 saturated carbocycles. The van der Waals surface area contributed by atoms with E-state index in [-0.39, 0.29) is 12.4 Å². The quantitative estimate of drug-likeness (QED) is 0.289. The van der Waals surface area contributed by atoms with E-state index in [1.54, 1.807) is 0 Å². The SMILES string of the molecule is C[N+](C)(N)C1CCCCC1.[Cl-]. The highest BCUT2D eigenvalue weighted by Crippen LogP contribution is 2.22. The molecule has 0 spiro atoms. The van der Waals surface area contributed by atoms with Crippen molar-refractivity contribution in [3.63, 3.8) is 0 Å². The molecule has 0 saturated heterocycles. The molecule has 0 aromatic rings. The largest absolute Gasteiger partial charge is 1.00 e. The zero-order valence-electron chi connectivity index (χ0n) is 7.52. The molecule has 1 aliphatic rings. The highest BCUT2D eigenvalue weighted by atomic mass is 35.5. The summed E-state index contributed by atoms with van der Waals surface area (Å²) in [7, 11) is 4.19. The van der Waals surface area contributed by atoms with E-state index in [0.29, 0.717) is 10.6 Å². The minimum Gasteiger partial charge on any atom is -1.00 e. The van der Waals surface area contributed by atoms with Crippen LogP contribution in [0.5, 0.6) is 0 Å². The minimum atomic E-state index is 0. The van der Waals surface area contributed by atoms with Crippen molar-refractivity contribution in [1.29, 1.82) is 0 Å². The summed E-state index contributed by atoms with van der Waals surface area (Å²) in [5.74, 6) is 5.95. The van der Waals surface area contributed by atoms with E-state index >= 15 is 0 Å². The average Bonchev–Trinajstić information content (AvgIpc) is 1.88. The highest BCUT2D eigenvalue weighted by Gasteiger charge is 2.26. The summed E-state index contributed by atoms with van der Waals surface area (Å²) >= 11 is 0. The summed E-state index contributed by atoms with van der Waals surface area (Å²) in [5, 5.41) is 0. The van der Waals surface area contributed by atoms with Crippen LogP contribution >= 0.6 is 0 Å². The smallest absolute Gasteiger partial charge is 0.106 e. The molecule has 1 aliphatic carbocycles. The van der Waals surface area contributed by atoms with Crippen LogP contribution in [0.15, 0.2) is 0 Å². The van der Waals surface area contributed by atoms with Crippen molar-refractivity contribution in [2.45, 2.75) is 38.1 Å². The summed E-state index contributed by atoms with van der Waals surface area (Å²) in [4.78, 5) is 0. The van der Waals surface area contributed by atoms with Gasteiger partial charge in [0.05, 0.1) is 14.1 Å². The lowest BCUT2D eigenvalue weighted by atomic mass is 9.94. The number of hydrogen-bond acceptors (Lipinski definition) is 1. The Kier molecular flexibility index (Phi) is 4.37. The summed E-state index contributed by atoms with van der Waals surface area (Å²) in [6.45, 7) is 0. The van der Waals surface area contributed by atoms with Crippen molar-refractivity contribution in [2.24, 2.45) is 5.84 Å². The van der Waals surface area contributed by atoms with Gasteiger partial charge in [0.1, 0.15) is 6.04 Å². The maximum Gasteiger partial charge on any atom is 0.106 e. The second kappa shape index (κ2) is 4.29. The maximum atomic E-state index is 5.95. The van der Waals surface area contributed by atoms with Crippen LogP contribution < -0.4 is 18.2 Å². The average molecular weight is 179 g/mol. The minimum absolute atomic E-state index is 0. The molecule has 0 aromatic heterocycles. The third-order valence-corrected chi connectivity index (χ3v) is 2.52. The van der Waals surface area contributed by atoms with E-state index in [0.717, 1.165) is 0 Å². The molecule has 0 aliphatic heterocycles. The van der Waals surface area contributed by atoms with Crippen LogP contribution in [0, 0.1) is 0 Å². The molecule has 11 heavy (non-hydrogen) atoms. The molecule has 0 bridgehead atoms. The third-order valence-electron chi connectivity index (χ3n) is 2.52. The Morgan fingerprint density at radius 2 is 1.55 bits per heavy atom. The first-order valence-electron chi connectivity index (χ1n) is 4.23. The number of nitrogens with two attached hydrogens (primary N) is 1. The second-order valence-electron chi connectivity index (χ2n) is 3.92. The molecule has 0 heterocycles. The van der Waals surface area contributed by atoms with Crippen LogP contribution in [0.4, 0.5) is 0 Å². The molecule has 0 amide bonds. The van der Waals surface area contributed by atoms with Gasteiger partial charge in [0, 0.05) is 12.8 Å². The van der Waals surface area contributed by atoms with Crippen LogP contribution in [-0.4, -0.2) is 24.7 Å². The second-order valence-corrected chi connectivity index (χ2v) is 3.92. The summed E-state index contributed by atoms with van der Waals surface area (Å²) in [5.41, 5.74) is 0. The molecule has 0 atom stereocenters. The molecule has 1 rings (SSSR count). The van der Waals surface area contributed by atoms with Gasteiger partial charge in [0.2, 0.25) is 0 Å². The number of quaternary nitrogens is 1. The molecule has 0 radical (unpaired) electrons. The van der Waals surface area contributed by atoms with E-state index < -0.39 is 0 Å². The molecular weight excluding hydrogens is 160 g/mol. The van der Waals surface area contributed by atoms with Crippen molar-refractivity contribution >= 4 is 0 Å². The van der Waals surface area contributed by atoms with Gasteiger partial charge in [-0.3, -0.25) is 4.59 Å². The Morgan fingerprint density at radius 3 is 1.82 bits per heavy atom. The predicted molar refractivity (Wildman–Crippen MR) is 43.2 cm³/mol. The van der Waals surface area contributed by atoms with Crippen LogP contribution in [0.2, 0.25) is 0 Å². The predicted octanol–water partition coefficient (Wildman–Crippen LogP) is -1.73. The van der Waals surface area contributed by atoms with Crippen molar-refractivity contribution in [3.05, 3.63) is 0 Å².